The molecule has 0 aliphatic heterocycles. The zero-order valence-electron chi connectivity index (χ0n) is 9.26. The number of aldehydes is 1. The smallest absolute Gasteiger partial charge is 0.150 e. The van der Waals surface area contributed by atoms with Gasteiger partial charge in [0.2, 0.25) is 0 Å². The maximum atomic E-state index is 10.5. The van der Waals surface area contributed by atoms with Crippen molar-refractivity contribution in [1.29, 1.82) is 0 Å². The Labute approximate surface area is 94.7 Å². The van der Waals surface area contributed by atoms with Gasteiger partial charge in [-0.3, -0.25) is 4.79 Å². The first-order valence-electron chi connectivity index (χ1n) is 5.29. The zero-order chi connectivity index (χ0) is 11.4. The zero-order valence-corrected chi connectivity index (χ0v) is 9.26. The second-order valence-corrected chi connectivity index (χ2v) is 3.86. The van der Waals surface area contributed by atoms with E-state index in [1.54, 1.807) is 0 Å². The Morgan fingerprint density at radius 1 is 1.25 bits per heavy atom. The molecule has 0 amide bonds. The molecule has 16 heavy (non-hydrogen) atoms. The summed E-state index contributed by atoms with van der Waals surface area (Å²) in [5.74, 6) is 0. The van der Waals surface area contributed by atoms with Gasteiger partial charge in [-0.2, -0.15) is 0 Å². The molecule has 2 rings (SSSR count). The number of nitrogens with zero attached hydrogens (tertiary/aromatic N) is 2. The van der Waals surface area contributed by atoms with Crippen molar-refractivity contribution in [3.05, 3.63) is 53.6 Å². The fourth-order valence-corrected chi connectivity index (χ4v) is 1.66. The van der Waals surface area contributed by atoms with Crippen LogP contribution in [0.3, 0.4) is 0 Å². The number of aromatic nitrogens is 2. The molecule has 1 aromatic carbocycles. The van der Waals surface area contributed by atoms with Crippen LogP contribution in [0.25, 0.3) is 0 Å². The molecule has 0 saturated carbocycles. The lowest BCUT2D eigenvalue weighted by Crippen LogP contribution is -1.97. The van der Waals surface area contributed by atoms with Gasteiger partial charge >= 0.3 is 0 Å². The largest absolute Gasteiger partial charge is 0.338 e. The molecule has 82 valence electrons. The van der Waals surface area contributed by atoms with Gasteiger partial charge in [0.05, 0.1) is 6.33 Å². The van der Waals surface area contributed by atoms with Crippen molar-refractivity contribution in [3.63, 3.8) is 0 Å². The number of aryl methyl sites for hydroxylation is 3. The highest BCUT2D eigenvalue weighted by Crippen LogP contribution is 2.07. The fraction of sp³-hybridized carbons (Fsp3) is 0.231. The molecule has 0 N–H and O–H groups in total. The van der Waals surface area contributed by atoms with Crippen LogP contribution in [0.5, 0.6) is 0 Å². The lowest BCUT2D eigenvalue weighted by Gasteiger charge is -2.02. The summed E-state index contributed by atoms with van der Waals surface area (Å²) in [6.07, 6.45) is 6.51. The first kappa shape index (κ1) is 10.6. The Morgan fingerprint density at radius 2 is 2.00 bits per heavy atom. The van der Waals surface area contributed by atoms with Gasteiger partial charge in [-0.15, -0.1) is 0 Å². The fourth-order valence-electron chi connectivity index (χ4n) is 1.66. The highest BCUT2D eigenvalue weighted by molar-refractivity contribution is 5.74. The van der Waals surface area contributed by atoms with E-state index in [4.69, 9.17) is 0 Å². The summed E-state index contributed by atoms with van der Waals surface area (Å²) >= 11 is 0. The maximum Gasteiger partial charge on any atom is 0.150 e. The SMILES string of the molecule is Cn1cncc1CCc1ccc(C=O)cc1. The molecular weight excluding hydrogens is 200 g/mol. The molecule has 3 nitrogen and oxygen atoms in total. The van der Waals surface area contributed by atoms with Crippen molar-refractivity contribution in [2.75, 3.05) is 0 Å². The number of carbonyl (C=O) groups excluding carboxylic acids is 1. The first-order valence-corrected chi connectivity index (χ1v) is 5.29. The number of imidazole rings is 1. The minimum absolute atomic E-state index is 0.726. The van der Waals surface area contributed by atoms with E-state index in [2.05, 4.69) is 4.98 Å². The van der Waals surface area contributed by atoms with Gasteiger partial charge in [-0.25, -0.2) is 4.98 Å². The number of carbonyl (C=O) groups is 1. The molecule has 3 heteroatoms. The Hall–Kier alpha value is -1.90. The Bertz CT molecular complexity index is 471. The van der Waals surface area contributed by atoms with E-state index in [0.717, 1.165) is 24.7 Å². The van der Waals surface area contributed by atoms with Crippen LogP contribution in [0.1, 0.15) is 21.6 Å². The van der Waals surface area contributed by atoms with E-state index in [9.17, 15) is 4.79 Å². The maximum absolute atomic E-state index is 10.5. The highest BCUT2D eigenvalue weighted by atomic mass is 16.1. The summed E-state index contributed by atoms with van der Waals surface area (Å²) in [5, 5.41) is 0. The molecular formula is C13H14N2O. The molecule has 0 unspecified atom stereocenters. The Balaban J connectivity index is 1.99. The number of rotatable bonds is 4. The normalized spacial score (nSPS) is 10.3. The van der Waals surface area contributed by atoms with Crippen LogP contribution in [0, 0.1) is 0 Å². The average molecular weight is 214 g/mol. The van der Waals surface area contributed by atoms with Crippen LogP contribution in [-0.4, -0.2) is 15.8 Å². The third-order valence-corrected chi connectivity index (χ3v) is 2.70. The quantitative estimate of drug-likeness (QED) is 0.730. The Morgan fingerprint density at radius 3 is 2.56 bits per heavy atom. The lowest BCUT2D eigenvalue weighted by atomic mass is 10.1. The van der Waals surface area contributed by atoms with Crippen LogP contribution >= 0.6 is 0 Å². The second-order valence-electron chi connectivity index (χ2n) is 3.86. The van der Waals surface area contributed by atoms with E-state index >= 15 is 0 Å². The van der Waals surface area contributed by atoms with E-state index in [-0.39, 0.29) is 0 Å². The van der Waals surface area contributed by atoms with Gasteiger partial charge in [0.25, 0.3) is 0 Å². The van der Waals surface area contributed by atoms with Crippen LogP contribution < -0.4 is 0 Å². The molecule has 0 spiro atoms. The summed E-state index contributed by atoms with van der Waals surface area (Å²) < 4.78 is 2.03. The van der Waals surface area contributed by atoms with Crippen molar-refractivity contribution in [3.8, 4) is 0 Å². The third kappa shape index (κ3) is 2.37. The highest BCUT2D eigenvalue weighted by Gasteiger charge is 1.99. The molecule has 0 fully saturated rings. The van der Waals surface area contributed by atoms with E-state index in [1.807, 2.05) is 48.4 Å². The van der Waals surface area contributed by atoms with Crippen molar-refractivity contribution >= 4 is 6.29 Å². The molecule has 0 saturated heterocycles. The third-order valence-electron chi connectivity index (χ3n) is 2.70. The number of hydrogen-bond donors (Lipinski definition) is 0. The van der Waals surface area contributed by atoms with Crippen molar-refractivity contribution < 1.29 is 4.79 Å². The predicted octanol–water partition coefficient (Wildman–Crippen LogP) is 2.02. The molecule has 0 radical (unpaired) electrons. The van der Waals surface area contributed by atoms with Gasteiger partial charge in [0.1, 0.15) is 6.29 Å². The standard InChI is InChI=1S/C13H14N2O/c1-15-10-14-8-13(15)7-6-11-2-4-12(9-16)5-3-11/h2-5,8-10H,6-7H2,1H3. The first-order chi connectivity index (χ1) is 7.79. The van der Waals surface area contributed by atoms with Crippen molar-refractivity contribution in [2.24, 2.45) is 7.05 Å². The molecule has 0 atom stereocenters. The van der Waals surface area contributed by atoms with E-state index < -0.39 is 0 Å². The van der Waals surface area contributed by atoms with Crippen LogP contribution in [0.15, 0.2) is 36.8 Å². The molecule has 1 aromatic heterocycles. The monoisotopic (exact) mass is 214 g/mol. The summed E-state index contributed by atoms with van der Waals surface area (Å²) in [6, 6.07) is 7.71. The predicted molar refractivity (Wildman–Crippen MR) is 62.4 cm³/mol. The lowest BCUT2D eigenvalue weighted by molar-refractivity contribution is 0.112. The van der Waals surface area contributed by atoms with Crippen molar-refractivity contribution in [2.45, 2.75) is 12.8 Å². The summed E-state index contributed by atoms with van der Waals surface area (Å²) in [4.78, 5) is 14.6. The minimum Gasteiger partial charge on any atom is -0.338 e. The molecule has 0 aliphatic carbocycles. The van der Waals surface area contributed by atoms with Crippen molar-refractivity contribution in [1.82, 2.24) is 9.55 Å². The van der Waals surface area contributed by atoms with Gasteiger partial charge < -0.3 is 4.57 Å². The van der Waals surface area contributed by atoms with Crippen LogP contribution in [0.4, 0.5) is 0 Å². The molecule has 0 aliphatic rings. The molecule has 1 heterocycles. The van der Waals surface area contributed by atoms with Gasteiger partial charge in [0.15, 0.2) is 0 Å². The number of benzene rings is 1. The average Bonchev–Trinajstić information content (AvgIpc) is 2.73. The molecule has 0 bridgehead atoms. The van der Waals surface area contributed by atoms with E-state index in [1.165, 1.54) is 11.3 Å². The van der Waals surface area contributed by atoms with Gasteiger partial charge in [0, 0.05) is 24.5 Å². The topological polar surface area (TPSA) is 34.9 Å². The second kappa shape index (κ2) is 4.75. The van der Waals surface area contributed by atoms with Crippen LogP contribution in [0.2, 0.25) is 0 Å². The van der Waals surface area contributed by atoms with Gasteiger partial charge in [-0.05, 0) is 18.4 Å². The molecule has 2 aromatic rings. The minimum atomic E-state index is 0.726. The summed E-state index contributed by atoms with van der Waals surface area (Å²) in [7, 11) is 2.00. The number of hydrogen-bond acceptors (Lipinski definition) is 2. The van der Waals surface area contributed by atoms with Crippen LogP contribution in [-0.2, 0) is 19.9 Å². The van der Waals surface area contributed by atoms with E-state index in [0.29, 0.717) is 0 Å². The summed E-state index contributed by atoms with van der Waals surface area (Å²) in [6.45, 7) is 0. The van der Waals surface area contributed by atoms with Gasteiger partial charge in [-0.1, -0.05) is 24.3 Å². The Kier molecular flexibility index (Phi) is 3.15. The summed E-state index contributed by atoms with van der Waals surface area (Å²) in [5.41, 5.74) is 3.19.